The van der Waals surface area contributed by atoms with Gasteiger partial charge in [0.25, 0.3) is 0 Å². The summed E-state index contributed by atoms with van der Waals surface area (Å²) in [6.45, 7) is 6.66. The summed E-state index contributed by atoms with van der Waals surface area (Å²) in [5.41, 5.74) is 0. The second-order valence-corrected chi connectivity index (χ2v) is 3.02. The van der Waals surface area contributed by atoms with Crippen molar-refractivity contribution in [3.8, 4) is 0 Å². The first-order chi connectivity index (χ1) is 6.41. The van der Waals surface area contributed by atoms with E-state index < -0.39 is 0 Å². The normalized spacial score (nSPS) is 10.9. The first kappa shape index (κ1) is 12.5. The molecule has 0 atom stereocenters. The van der Waals surface area contributed by atoms with Crippen molar-refractivity contribution in [2.75, 3.05) is 19.8 Å². The Morgan fingerprint density at radius 3 is 2.38 bits per heavy atom. The molecule has 2 nitrogen and oxygen atoms in total. The Morgan fingerprint density at radius 2 is 1.69 bits per heavy atom. The van der Waals surface area contributed by atoms with Gasteiger partial charge in [0.2, 0.25) is 0 Å². The van der Waals surface area contributed by atoms with Crippen LogP contribution in [0.3, 0.4) is 0 Å². The van der Waals surface area contributed by atoms with Crippen LogP contribution < -0.4 is 0 Å². The minimum Gasteiger partial charge on any atom is -0.501 e. The molecule has 0 saturated carbocycles. The number of hydrogen-bond acceptors (Lipinski definition) is 2. The lowest BCUT2D eigenvalue weighted by molar-refractivity contribution is 0.155. The van der Waals surface area contributed by atoms with E-state index in [0.29, 0.717) is 6.61 Å². The summed E-state index contributed by atoms with van der Waals surface area (Å²) in [4.78, 5) is 0. The Balaban J connectivity index is 2.95. The van der Waals surface area contributed by atoms with Crippen LogP contribution in [0.5, 0.6) is 0 Å². The summed E-state index contributed by atoms with van der Waals surface area (Å²) in [6, 6.07) is 0. The summed E-state index contributed by atoms with van der Waals surface area (Å²) >= 11 is 0. The van der Waals surface area contributed by atoms with Crippen molar-refractivity contribution in [3.05, 3.63) is 12.3 Å². The van der Waals surface area contributed by atoms with Crippen LogP contribution in [0.2, 0.25) is 0 Å². The maximum absolute atomic E-state index is 5.31. The Morgan fingerprint density at radius 1 is 1.00 bits per heavy atom. The summed E-state index contributed by atoms with van der Waals surface area (Å²) in [6.07, 6.45) is 8.30. The summed E-state index contributed by atoms with van der Waals surface area (Å²) in [5.74, 6) is 0. The van der Waals surface area contributed by atoms with Gasteiger partial charge in [-0.1, -0.05) is 26.7 Å². The number of hydrogen-bond donors (Lipinski definition) is 0. The van der Waals surface area contributed by atoms with Crippen LogP contribution in [-0.4, -0.2) is 19.8 Å². The highest BCUT2D eigenvalue weighted by atomic mass is 16.5. The minimum absolute atomic E-state index is 0.673. The van der Waals surface area contributed by atoms with Crippen LogP contribution in [0.1, 0.15) is 39.5 Å². The van der Waals surface area contributed by atoms with Crippen molar-refractivity contribution in [3.63, 3.8) is 0 Å². The van der Waals surface area contributed by atoms with E-state index in [-0.39, 0.29) is 0 Å². The Bertz CT molecular complexity index is 111. The predicted octanol–water partition coefficient (Wildman–Crippen LogP) is 3.13. The van der Waals surface area contributed by atoms with E-state index in [9.17, 15) is 0 Å². The van der Waals surface area contributed by atoms with Crippen LogP contribution >= 0.6 is 0 Å². The van der Waals surface area contributed by atoms with Crippen molar-refractivity contribution in [2.24, 2.45) is 0 Å². The molecule has 0 aromatic rings. The van der Waals surface area contributed by atoms with E-state index in [1.807, 2.05) is 6.08 Å². The van der Waals surface area contributed by atoms with Crippen molar-refractivity contribution in [1.29, 1.82) is 0 Å². The lowest BCUT2D eigenvalue weighted by Crippen LogP contribution is -1.93. The van der Waals surface area contributed by atoms with Gasteiger partial charge >= 0.3 is 0 Å². The molecule has 0 heterocycles. The molecule has 0 unspecified atom stereocenters. The van der Waals surface area contributed by atoms with E-state index in [1.165, 1.54) is 12.8 Å². The van der Waals surface area contributed by atoms with Crippen LogP contribution in [0.25, 0.3) is 0 Å². The SMILES string of the molecule is CCCCOC=CCOCCCC. The fourth-order valence-corrected chi connectivity index (χ4v) is 0.801. The fraction of sp³-hybridized carbons (Fsp3) is 0.818. The van der Waals surface area contributed by atoms with Crippen LogP contribution in [-0.2, 0) is 9.47 Å². The monoisotopic (exact) mass is 186 g/mol. The van der Waals surface area contributed by atoms with Gasteiger partial charge < -0.3 is 9.47 Å². The van der Waals surface area contributed by atoms with E-state index in [4.69, 9.17) is 9.47 Å². The maximum atomic E-state index is 5.31. The van der Waals surface area contributed by atoms with Gasteiger partial charge in [-0.25, -0.2) is 0 Å². The minimum atomic E-state index is 0.673. The highest BCUT2D eigenvalue weighted by Crippen LogP contribution is 1.90. The second kappa shape index (κ2) is 11.5. The smallest absolute Gasteiger partial charge is 0.0873 e. The van der Waals surface area contributed by atoms with Crippen LogP contribution in [0.4, 0.5) is 0 Å². The van der Waals surface area contributed by atoms with Crippen molar-refractivity contribution >= 4 is 0 Å². The van der Waals surface area contributed by atoms with Crippen molar-refractivity contribution in [1.82, 2.24) is 0 Å². The van der Waals surface area contributed by atoms with Crippen molar-refractivity contribution in [2.45, 2.75) is 39.5 Å². The lowest BCUT2D eigenvalue weighted by Gasteiger charge is -1.99. The highest BCUT2D eigenvalue weighted by Gasteiger charge is 1.83. The third kappa shape index (κ3) is 11.5. The molecule has 0 rings (SSSR count). The fourth-order valence-electron chi connectivity index (χ4n) is 0.801. The molecule has 0 aromatic heterocycles. The van der Waals surface area contributed by atoms with Gasteiger partial charge in [0.1, 0.15) is 0 Å². The predicted molar refractivity (Wildman–Crippen MR) is 55.7 cm³/mol. The molecular formula is C11H22O2. The summed E-state index contributed by atoms with van der Waals surface area (Å²) in [5, 5.41) is 0. The van der Waals surface area contributed by atoms with E-state index >= 15 is 0 Å². The van der Waals surface area contributed by atoms with Gasteiger partial charge in [0.15, 0.2) is 0 Å². The second-order valence-electron chi connectivity index (χ2n) is 3.02. The molecule has 0 amide bonds. The Kier molecular flexibility index (Phi) is 11.1. The molecule has 0 fully saturated rings. The molecule has 13 heavy (non-hydrogen) atoms. The average molecular weight is 186 g/mol. The third-order valence-electron chi connectivity index (χ3n) is 1.66. The highest BCUT2D eigenvalue weighted by molar-refractivity contribution is 4.72. The van der Waals surface area contributed by atoms with Gasteiger partial charge in [-0.2, -0.15) is 0 Å². The number of unbranched alkanes of at least 4 members (excludes halogenated alkanes) is 2. The quantitative estimate of drug-likeness (QED) is 0.407. The lowest BCUT2D eigenvalue weighted by atomic mass is 10.4. The maximum Gasteiger partial charge on any atom is 0.0873 e. The first-order valence-corrected chi connectivity index (χ1v) is 5.26. The molecule has 0 N–H and O–H groups in total. The molecule has 2 heteroatoms. The van der Waals surface area contributed by atoms with Crippen LogP contribution in [0, 0.1) is 0 Å². The molecule has 0 bridgehead atoms. The topological polar surface area (TPSA) is 18.5 Å². The zero-order chi connectivity index (χ0) is 9.78. The zero-order valence-electron chi connectivity index (χ0n) is 8.92. The molecule has 0 radical (unpaired) electrons. The largest absolute Gasteiger partial charge is 0.501 e. The molecule has 0 saturated heterocycles. The molecule has 78 valence electrons. The molecular weight excluding hydrogens is 164 g/mol. The van der Waals surface area contributed by atoms with E-state index in [2.05, 4.69) is 13.8 Å². The molecule has 0 aliphatic carbocycles. The molecule has 0 aliphatic rings. The van der Waals surface area contributed by atoms with E-state index in [1.54, 1.807) is 6.26 Å². The zero-order valence-corrected chi connectivity index (χ0v) is 8.92. The number of ether oxygens (including phenoxy) is 2. The van der Waals surface area contributed by atoms with Gasteiger partial charge in [-0.05, 0) is 18.9 Å². The molecule has 0 aliphatic heterocycles. The van der Waals surface area contributed by atoms with E-state index in [0.717, 1.165) is 26.1 Å². The molecule has 0 spiro atoms. The summed E-state index contributed by atoms with van der Waals surface area (Å²) in [7, 11) is 0. The molecule has 0 aromatic carbocycles. The summed E-state index contributed by atoms with van der Waals surface area (Å²) < 4.78 is 10.5. The number of rotatable bonds is 9. The van der Waals surface area contributed by atoms with Crippen molar-refractivity contribution < 1.29 is 9.47 Å². The average Bonchev–Trinajstić information content (AvgIpc) is 2.16. The van der Waals surface area contributed by atoms with Gasteiger partial charge in [0.05, 0.1) is 19.5 Å². The Labute approximate surface area is 81.9 Å². The Hall–Kier alpha value is -0.500. The third-order valence-corrected chi connectivity index (χ3v) is 1.66. The van der Waals surface area contributed by atoms with Gasteiger partial charge in [-0.15, -0.1) is 0 Å². The van der Waals surface area contributed by atoms with Gasteiger partial charge in [-0.3, -0.25) is 0 Å². The van der Waals surface area contributed by atoms with Crippen LogP contribution in [0.15, 0.2) is 12.3 Å². The standard InChI is InChI=1S/C11H22O2/c1-3-5-8-12-10-7-11-13-9-6-4-2/h7,10H,3-6,8-9,11H2,1-2H3. The first-order valence-electron chi connectivity index (χ1n) is 5.26. The van der Waals surface area contributed by atoms with Gasteiger partial charge in [0, 0.05) is 6.61 Å².